The van der Waals surface area contributed by atoms with Crippen molar-refractivity contribution in [2.45, 2.75) is 32.2 Å². The molecule has 0 radical (unpaired) electrons. The molecule has 1 N–H and O–H groups in total. The molecule has 7 heteroatoms. The summed E-state index contributed by atoms with van der Waals surface area (Å²) in [6, 6.07) is 8.07. The second kappa shape index (κ2) is 6.16. The van der Waals surface area contributed by atoms with Crippen molar-refractivity contribution < 1.29 is 14.8 Å². The lowest BCUT2D eigenvalue weighted by Gasteiger charge is -2.37. The molecule has 0 atom stereocenters. The summed E-state index contributed by atoms with van der Waals surface area (Å²) in [5, 5.41) is 21.2. The van der Waals surface area contributed by atoms with E-state index in [2.05, 4.69) is 10.6 Å². The molecule has 4 rings (SSSR count). The van der Waals surface area contributed by atoms with E-state index in [-0.39, 0.29) is 16.5 Å². The van der Waals surface area contributed by atoms with Crippen LogP contribution in [0.25, 0.3) is 17.0 Å². The number of nitro groups is 1. The van der Waals surface area contributed by atoms with E-state index in [1.165, 1.54) is 24.7 Å². The second-order valence-electron chi connectivity index (χ2n) is 7.34. The van der Waals surface area contributed by atoms with Gasteiger partial charge in [0.2, 0.25) is 5.70 Å². The number of likely N-dealkylation sites (tertiary alicyclic amines) is 1. The van der Waals surface area contributed by atoms with E-state index in [1.54, 1.807) is 6.08 Å². The fourth-order valence-electron chi connectivity index (χ4n) is 3.68. The topological polar surface area (TPSA) is 88.6 Å². The maximum atomic E-state index is 11.1. The van der Waals surface area contributed by atoms with Crippen LogP contribution in [-0.2, 0) is 6.54 Å². The molecule has 1 aliphatic heterocycles. The quantitative estimate of drug-likeness (QED) is 0.653. The number of hydrogen-bond acceptors (Lipinski definition) is 3. The van der Waals surface area contributed by atoms with Gasteiger partial charge in [0.25, 0.3) is 0 Å². The van der Waals surface area contributed by atoms with Crippen LogP contribution in [0.4, 0.5) is 4.79 Å². The van der Waals surface area contributed by atoms with E-state index in [0.29, 0.717) is 19.0 Å². The molecule has 26 heavy (non-hydrogen) atoms. The Labute approximate surface area is 150 Å². The Morgan fingerprint density at radius 2 is 2.12 bits per heavy atom. The first-order valence-electron chi connectivity index (χ1n) is 8.86. The number of carboxylic acid groups (broad SMARTS) is 1. The third kappa shape index (κ3) is 2.94. The lowest BCUT2D eigenvalue weighted by molar-refractivity contribution is -0.422. The standard InChI is InChI=1S/C19H21N3O4/c1-12(22(25)26)7-16-8-14-3-2-4-17(15-10-20(11-15)19(23)24)18(14)21(16)9-13-5-6-13/h2-4,7-8,13,15H,5-6,9-11H2,1H3,(H,23,24). The van der Waals surface area contributed by atoms with Crippen LogP contribution in [-0.4, -0.2) is 38.7 Å². The Kier molecular flexibility index (Phi) is 3.94. The monoisotopic (exact) mass is 355 g/mol. The minimum absolute atomic E-state index is 0.118. The predicted octanol–water partition coefficient (Wildman–Crippen LogP) is 3.77. The summed E-state index contributed by atoms with van der Waals surface area (Å²) < 4.78 is 2.19. The van der Waals surface area contributed by atoms with Gasteiger partial charge < -0.3 is 14.6 Å². The molecule has 2 aliphatic rings. The van der Waals surface area contributed by atoms with Crippen molar-refractivity contribution in [2.24, 2.45) is 5.92 Å². The number of allylic oxidation sites excluding steroid dienone is 1. The first kappa shape index (κ1) is 16.6. The molecular formula is C19H21N3O4. The van der Waals surface area contributed by atoms with E-state index >= 15 is 0 Å². The molecular weight excluding hydrogens is 334 g/mol. The van der Waals surface area contributed by atoms with Gasteiger partial charge in [-0.3, -0.25) is 10.1 Å². The van der Waals surface area contributed by atoms with Crippen LogP contribution in [0, 0.1) is 16.0 Å². The average molecular weight is 355 g/mol. The van der Waals surface area contributed by atoms with Crippen molar-refractivity contribution in [2.75, 3.05) is 13.1 Å². The van der Waals surface area contributed by atoms with Crippen molar-refractivity contribution in [3.8, 4) is 0 Å². The number of nitrogens with zero attached hydrogens (tertiary/aromatic N) is 3. The zero-order chi connectivity index (χ0) is 18.4. The zero-order valence-corrected chi connectivity index (χ0v) is 14.6. The van der Waals surface area contributed by atoms with Crippen LogP contribution in [0.1, 0.15) is 36.9 Å². The Morgan fingerprint density at radius 3 is 2.73 bits per heavy atom. The van der Waals surface area contributed by atoms with Gasteiger partial charge in [0.05, 0.1) is 10.4 Å². The normalized spacial score (nSPS) is 18.2. The molecule has 0 spiro atoms. The summed E-state index contributed by atoms with van der Waals surface area (Å²) in [4.78, 5) is 23.2. The lowest BCUT2D eigenvalue weighted by atomic mass is 9.90. The van der Waals surface area contributed by atoms with Gasteiger partial charge in [-0.25, -0.2) is 4.79 Å². The number of amides is 1. The van der Waals surface area contributed by atoms with Gasteiger partial charge in [-0.2, -0.15) is 0 Å². The van der Waals surface area contributed by atoms with Gasteiger partial charge in [-0.15, -0.1) is 0 Å². The highest BCUT2D eigenvalue weighted by Crippen LogP contribution is 2.38. The summed E-state index contributed by atoms with van der Waals surface area (Å²) in [6.07, 6.45) is 3.13. The molecule has 7 nitrogen and oxygen atoms in total. The second-order valence-corrected chi connectivity index (χ2v) is 7.34. The number of carbonyl (C=O) groups is 1. The molecule has 136 valence electrons. The minimum Gasteiger partial charge on any atom is -0.465 e. The summed E-state index contributed by atoms with van der Waals surface area (Å²) in [6.45, 7) is 3.37. The summed E-state index contributed by atoms with van der Waals surface area (Å²) in [7, 11) is 0. The average Bonchev–Trinajstić information content (AvgIpc) is 3.28. The van der Waals surface area contributed by atoms with Crippen LogP contribution in [0.2, 0.25) is 0 Å². The largest absolute Gasteiger partial charge is 0.465 e. The van der Waals surface area contributed by atoms with Crippen molar-refractivity contribution in [1.29, 1.82) is 0 Å². The molecule has 1 saturated carbocycles. The first-order valence-corrected chi connectivity index (χ1v) is 8.86. The molecule has 1 aliphatic carbocycles. The predicted molar refractivity (Wildman–Crippen MR) is 97.6 cm³/mol. The van der Waals surface area contributed by atoms with Crippen LogP contribution >= 0.6 is 0 Å². The Hall–Kier alpha value is -2.83. The molecule has 2 heterocycles. The van der Waals surface area contributed by atoms with Gasteiger partial charge in [0.1, 0.15) is 0 Å². The molecule has 1 aromatic heterocycles. The first-order chi connectivity index (χ1) is 12.4. The third-order valence-electron chi connectivity index (χ3n) is 5.36. The summed E-state index contributed by atoms with van der Waals surface area (Å²) in [5.74, 6) is 0.801. The molecule has 1 amide bonds. The maximum Gasteiger partial charge on any atom is 0.407 e. The molecule has 0 unspecified atom stereocenters. The molecule has 0 bridgehead atoms. The molecule has 1 aromatic carbocycles. The number of fused-ring (bicyclic) bond motifs is 1. The van der Waals surface area contributed by atoms with Gasteiger partial charge in [-0.1, -0.05) is 18.2 Å². The van der Waals surface area contributed by atoms with Gasteiger partial charge in [-0.05, 0) is 30.4 Å². The van der Waals surface area contributed by atoms with Crippen molar-refractivity contribution in [3.63, 3.8) is 0 Å². The summed E-state index contributed by atoms with van der Waals surface area (Å²) in [5.41, 5.74) is 3.20. The minimum atomic E-state index is -0.882. The van der Waals surface area contributed by atoms with Crippen LogP contribution in [0.15, 0.2) is 30.0 Å². The van der Waals surface area contributed by atoms with E-state index < -0.39 is 6.09 Å². The zero-order valence-electron chi connectivity index (χ0n) is 14.6. The van der Waals surface area contributed by atoms with Gasteiger partial charge in [0, 0.05) is 49.6 Å². The number of hydrogen-bond donors (Lipinski definition) is 1. The van der Waals surface area contributed by atoms with E-state index in [1.807, 2.05) is 18.2 Å². The fourth-order valence-corrected chi connectivity index (χ4v) is 3.68. The smallest absolute Gasteiger partial charge is 0.407 e. The van der Waals surface area contributed by atoms with Gasteiger partial charge in [0.15, 0.2) is 0 Å². The lowest BCUT2D eigenvalue weighted by Crippen LogP contribution is -2.47. The molecule has 2 fully saturated rings. The van der Waals surface area contributed by atoms with E-state index in [0.717, 1.165) is 28.7 Å². The van der Waals surface area contributed by atoms with Crippen molar-refractivity contribution >= 4 is 23.1 Å². The van der Waals surface area contributed by atoms with Crippen LogP contribution in [0.3, 0.4) is 0 Å². The Balaban J connectivity index is 1.79. The number of rotatable bonds is 5. The SMILES string of the molecule is CC(=Cc1cc2cccc(C3CN(C(=O)O)C3)c2n1CC1CC1)[N+](=O)[O-]. The summed E-state index contributed by atoms with van der Waals surface area (Å²) >= 11 is 0. The Bertz CT molecular complexity index is 920. The molecule has 1 saturated heterocycles. The third-order valence-corrected chi connectivity index (χ3v) is 5.36. The fraction of sp³-hybridized carbons (Fsp3) is 0.421. The van der Waals surface area contributed by atoms with Crippen molar-refractivity contribution in [3.05, 3.63) is 51.3 Å². The van der Waals surface area contributed by atoms with Gasteiger partial charge >= 0.3 is 6.09 Å². The maximum absolute atomic E-state index is 11.1. The number of benzene rings is 1. The number of aromatic nitrogens is 1. The highest BCUT2D eigenvalue weighted by Gasteiger charge is 2.34. The number of para-hydroxylation sites is 1. The van der Waals surface area contributed by atoms with Crippen LogP contribution in [0.5, 0.6) is 0 Å². The molecule has 2 aromatic rings. The Morgan fingerprint density at radius 1 is 1.38 bits per heavy atom. The van der Waals surface area contributed by atoms with E-state index in [9.17, 15) is 14.9 Å². The highest BCUT2D eigenvalue weighted by molar-refractivity contribution is 5.87. The van der Waals surface area contributed by atoms with Crippen molar-refractivity contribution in [1.82, 2.24) is 9.47 Å². The highest BCUT2D eigenvalue weighted by atomic mass is 16.6. The van der Waals surface area contributed by atoms with E-state index in [4.69, 9.17) is 5.11 Å². The van der Waals surface area contributed by atoms with Crippen LogP contribution < -0.4 is 0 Å².